The van der Waals surface area contributed by atoms with Gasteiger partial charge < -0.3 is 14.8 Å². The van der Waals surface area contributed by atoms with Gasteiger partial charge in [0.25, 0.3) is 0 Å². The van der Waals surface area contributed by atoms with Crippen molar-refractivity contribution in [3.8, 4) is 0 Å². The van der Waals surface area contributed by atoms with Gasteiger partial charge in [0, 0.05) is 17.6 Å². The van der Waals surface area contributed by atoms with Crippen LogP contribution in [0.25, 0.3) is 0 Å². The number of aryl methyl sites for hydroxylation is 1. The van der Waals surface area contributed by atoms with E-state index in [9.17, 15) is 4.79 Å². The lowest BCUT2D eigenvalue weighted by molar-refractivity contribution is 0.0661. The van der Waals surface area contributed by atoms with Crippen molar-refractivity contribution < 1.29 is 14.3 Å². The van der Waals surface area contributed by atoms with E-state index in [-0.39, 0.29) is 11.3 Å². The Kier molecular flexibility index (Phi) is 2.76. The maximum absolute atomic E-state index is 10.7. The zero-order chi connectivity index (χ0) is 11.8. The van der Waals surface area contributed by atoms with E-state index in [1.54, 1.807) is 13.0 Å². The molecular formula is C12H17NO3. The van der Waals surface area contributed by atoms with Crippen LogP contribution in [-0.2, 0) is 6.54 Å². The van der Waals surface area contributed by atoms with Gasteiger partial charge in [-0.25, -0.2) is 4.79 Å². The summed E-state index contributed by atoms with van der Waals surface area (Å²) in [6.07, 6.45) is 3.65. The molecule has 2 N–H and O–H groups in total. The molecule has 0 aromatic carbocycles. The SMILES string of the molecule is Cc1oc(C(=O)O)cc1CNC1(C)CCC1. The van der Waals surface area contributed by atoms with E-state index in [1.165, 1.54) is 19.3 Å². The first-order valence-corrected chi connectivity index (χ1v) is 5.58. The molecule has 1 aromatic rings. The first-order valence-electron chi connectivity index (χ1n) is 5.58. The van der Waals surface area contributed by atoms with Crippen LogP contribution in [0.5, 0.6) is 0 Å². The molecule has 0 unspecified atom stereocenters. The smallest absolute Gasteiger partial charge is 0.371 e. The average molecular weight is 223 g/mol. The Hall–Kier alpha value is -1.29. The van der Waals surface area contributed by atoms with Crippen molar-refractivity contribution in [1.82, 2.24) is 5.32 Å². The van der Waals surface area contributed by atoms with Crippen molar-refractivity contribution in [2.24, 2.45) is 0 Å². The van der Waals surface area contributed by atoms with Crippen LogP contribution in [0.1, 0.15) is 48.1 Å². The summed E-state index contributed by atoms with van der Waals surface area (Å²) in [5.41, 5.74) is 1.16. The normalized spacial score (nSPS) is 18.1. The van der Waals surface area contributed by atoms with E-state index in [4.69, 9.17) is 9.52 Å². The van der Waals surface area contributed by atoms with Gasteiger partial charge in [0.15, 0.2) is 0 Å². The minimum Gasteiger partial charge on any atom is -0.475 e. The monoisotopic (exact) mass is 223 g/mol. The largest absolute Gasteiger partial charge is 0.475 e. The van der Waals surface area contributed by atoms with Gasteiger partial charge in [0.05, 0.1) is 0 Å². The number of carbonyl (C=O) groups is 1. The number of carboxylic acid groups (broad SMARTS) is 1. The molecule has 1 aliphatic rings. The maximum atomic E-state index is 10.7. The van der Waals surface area contributed by atoms with Crippen LogP contribution in [0.3, 0.4) is 0 Å². The number of carboxylic acids is 1. The fourth-order valence-corrected chi connectivity index (χ4v) is 1.99. The van der Waals surface area contributed by atoms with Crippen LogP contribution >= 0.6 is 0 Å². The molecule has 0 amide bonds. The Bertz CT molecular complexity index is 404. The number of nitrogens with one attached hydrogen (secondary N) is 1. The van der Waals surface area contributed by atoms with E-state index in [0.29, 0.717) is 12.3 Å². The van der Waals surface area contributed by atoms with Gasteiger partial charge >= 0.3 is 5.97 Å². The van der Waals surface area contributed by atoms with Crippen molar-refractivity contribution in [3.63, 3.8) is 0 Å². The first kappa shape index (κ1) is 11.2. The average Bonchev–Trinajstić information content (AvgIpc) is 2.54. The summed E-state index contributed by atoms with van der Waals surface area (Å²) in [4.78, 5) is 10.7. The van der Waals surface area contributed by atoms with Gasteiger partial charge in [0.2, 0.25) is 5.76 Å². The molecule has 1 saturated carbocycles. The van der Waals surface area contributed by atoms with E-state index in [0.717, 1.165) is 5.56 Å². The molecule has 16 heavy (non-hydrogen) atoms. The highest BCUT2D eigenvalue weighted by Gasteiger charge is 2.31. The number of hydrogen-bond donors (Lipinski definition) is 2. The first-order chi connectivity index (χ1) is 7.50. The van der Waals surface area contributed by atoms with E-state index >= 15 is 0 Å². The molecule has 2 rings (SSSR count). The van der Waals surface area contributed by atoms with Crippen LogP contribution in [0.15, 0.2) is 10.5 Å². The quantitative estimate of drug-likeness (QED) is 0.822. The van der Waals surface area contributed by atoms with Gasteiger partial charge in [-0.15, -0.1) is 0 Å². The third-order valence-corrected chi connectivity index (χ3v) is 3.39. The van der Waals surface area contributed by atoms with Crippen molar-refractivity contribution in [2.75, 3.05) is 0 Å². The highest BCUT2D eigenvalue weighted by Crippen LogP contribution is 2.31. The van der Waals surface area contributed by atoms with Crippen molar-refractivity contribution in [2.45, 2.75) is 45.2 Å². The molecule has 1 fully saturated rings. The predicted molar refractivity (Wildman–Crippen MR) is 59.5 cm³/mol. The summed E-state index contributed by atoms with van der Waals surface area (Å²) in [7, 11) is 0. The summed E-state index contributed by atoms with van der Waals surface area (Å²) in [5.74, 6) is -0.301. The molecule has 1 aromatic heterocycles. The molecular weight excluding hydrogens is 206 g/mol. The third kappa shape index (κ3) is 2.11. The standard InChI is InChI=1S/C12H17NO3/c1-8-9(6-10(16-8)11(14)15)7-13-12(2)4-3-5-12/h6,13H,3-5,7H2,1-2H3,(H,14,15). The Labute approximate surface area is 94.6 Å². The lowest BCUT2D eigenvalue weighted by Gasteiger charge is -2.39. The molecule has 0 saturated heterocycles. The molecule has 88 valence electrons. The second-order valence-corrected chi connectivity index (χ2v) is 4.76. The molecule has 0 atom stereocenters. The molecule has 0 aliphatic heterocycles. The van der Waals surface area contributed by atoms with Crippen molar-refractivity contribution in [3.05, 3.63) is 23.2 Å². The van der Waals surface area contributed by atoms with Gasteiger partial charge in [-0.3, -0.25) is 0 Å². The molecule has 4 nitrogen and oxygen atoms in total. The fraction of sp³-hybridized carbons (Fsp3) is 0.583. The summed E-state index contributed by atoms with van der Waals surface area (Å²) >= 11 is 0. The van der Waals surface area contributed by atoms with E-state index < -0.39 is 5.97 Å². The summed E-state index contributed by atoms with van der Waals surface area (Å²) < 4.78 is 5.15. The molecule has 4 heteroatoms. The van der Waals surface area contributed by atoms with Crippen LogP contribution in [0.2, 0.25) is 0 Å². The summed E-state index contributed by atoms with van der Waals surface area (Å²) in [6, 6.07) is 1.60. The van der Waals surface area contributed by atoms with Gasteiger partial charge in [-0.1, -0.05) is 0 Å². The lowest BCUT2D eigenvalue weighted by Crippen LogP contribution is -2.47. The Balaban J connectivity index is 2.01. The predicted octanol–water partition coefficient (Wildman–Crippen LogP) is 2.32. The van der Waals surface area contributed by atoms with Crippen molar-refractivity contribution >= 4 is 5.97 Å². The molecule has 0 spiro atoms. The minimum atomic E-state index is -1.01. The third-order valence-electron chi connectivity index (χ3n) is 3.39. The topological polar surface area (TPSA) is 62.5 Å². The Morgan fingerprint density at radius 3 is 2.75 bits per heavy atom. The fourth-order valence-electron chi connectivity index (χ4n) is 1.99. The van der Waals surface area contributed by atoms with Gasteiger partial charge in [0.1, 0.15) is 5.76 Å². The highest BCUT2D eigenvalue weighted by molar-refractivity contribution is 5.84. The highest BCUT2D eigenvalue weighted by atomic mass is 16.4. The molecule has 1 heterocycles. The Morgan fingerprint density at radius 2 is 2.31 bits per heavy atom. The second-order valence-electron chi connectivity index (χ2n) is 4.76. The van der Waals surface area contributed by atoms with Crippen LogP contribution in [-0.4, -0.2) is 16.6 Å². The number of furan rings is 1. The maximum Gasteiger partial charge on any atom is 0.371 e. The van der Waals surface area contributed by atoms with Crippen LogP contribution in [0.4, 0.5) is 0 Å². The Morgan fingerprint density at radius 1 is 1.62 bits per heavy atom. The summed E-state index contributed by atoms with van der Waals surface area (Å²) in [5, 5.41) is 12.2. The van der Waals surface area contributed by atoms with Crippen LogP contribution < -0.4 is 5.32 Å². The number of rotatable bonds is 4. The second kappa shape index (κ2) is 3.94. The minimum absolute atomic E-state index is 0.0214. The summed E-state index contributed by atoms with van der Waals surface area (Å²) in [6.45, 7) is 4.68. The van der Waals surface area contributed by atoms with Gasteiger partial charge in [-0.2, -0.15) is 0 Å². The van der Waals surface area contributed by atoms with Crippen LogP contribution in [0, 0.1) is 6.92 Å². The van der Waals surface area contributed by atoms with Crippen molar-refractivity contribution in [1.29, 1.82) is 0 Å². The zero-order valence-electron chi connectivity index (χ0n) is 9.67. The molecule has 1 aliphatic carbocycles. The zero-order valence-corrected chi connectivity index (χ0v) is 9.67. The lowest BCUT2D eigenvalue weighted by atomic mass is 9.78. The number of aromatic carboxylic acids is 1. The van der Waals surface area contributed by atoms with E-state index in [2.05, 4.69) is 12.2 Å². The van der Waals surface area contributed by atoms with Gasteiger partial charge in [-0.05, 0) is 39.2 Å². The van der Waals surface area contributed by atoms with E-state index in [1.807, 2.05) is 0 Å². The molecule has 0 radical (unpaired) electrons. The number of hydrogen-bond acceptors (Lipinski definition) is 3. The molecule has 0 bridgehead atoms.